The molecule has 1 aromatic rings. The van der Waals surface area contributed by atoms with E-state index in [4.69, 9.17) is 0 Å². The summed E-state index contributed by atoms with van der Waals surface area (Å²) in [6, 6.07) is 4.09. The SMILES string of the molecule is CCNC(=NCC1CCN(c2ccc(F)c(F)c2)C1)NC(C)(C)C.I. The Hall–Kier alpha value is -1.12. The molecule has 0 spiro atoms. The molecule has 1 aliphatic rings. The van der Waals surface area contributed by atoms with Gasteiger partial charge in [0.15, 0.2) is 17.6 Å². The predicted octanol–water partition coefficient (Wildman–Crippen LogP) is 3.76. The number of aliphatic imine (C=N–C) groups is 1. The molecule has 7 heteroatoms. The van der Waals surface area contributed by atoms with Crippen molar-refractivity contribution in [1.29, 1.82) is 0 Å². The van der Waals surface area contributed by atoms with Gasteiger partial charge in [0, 0.05) is 43.5 Å². The molecule has 1 fully saturated rings. The Labute approximate surface area is 166 Å². The molecule has 25 heavy (non-hydrogen) atoms. The van der Waals surface area contributed by atoms with E-state index < -0.39 is 11.6 Å². The Morgan fingerprint density at radius 3 is 2.60 bits per heavy atom. The van der Waals surface area contributed by atoms with Crippen molar-refractivity contribution in [3.8, 4) is 0 Å². The number of hydrogen-bond acceptors (Lipinski definition) is 2. The molecule has 0 bridgehead atoms. The fourth-order valence-corrected chi connectivity index (χ4v) is 2.78. The lowest BCUT2D eigenvalue weighted by molar-refractivity contribution is 0.498. The summed E-state index contributed by atoms with van der Waals surface area (Å²) < 4.78 is 26.4. The van der Waals surface area contributed by atoms with Crippen LogP contribution in [0, 0.1) is 17.6 Å². The smallest absolute Gasteiger partial charge is 0.191 e. The number of benzene rings is 1. The monoisotopic (exact) mass is 466 g/mol. The third-order valence-corrected chi connectivity index (χ3v) is 3.90. The molecule has 1 atom stereocenters. The second-order valence-corrected chi connectivity index (χ2v) is 7.29. The maximum atomic E-state index is 13.4. The van der Waals surface area contributed by atoms with Crippen molar-refractivity contribution >= 4 is 35.6 Å². The van der Waals surface area contributed by atoms with Crippen molar-refractivity contribution in [3.05, 3.63) is 29.8 Å². The molecule has 142 valence electrons. The van der Waals surface area contributed by atoms with E-state index in [1.54, 1.807) is 6.07 Å². The molecule has 0 saturated carbocycles. The molecule has 1 saturated heterocycles. The fourth-order valence-electron chi connectivity index (χ4n) is 2.78. The summed E-state index contributed by atoms with van der Waals surface area (Å²) in [4.78, 5) is 6.76. The number of guanidine groups is 1. The molecule has 1 unspecified atom stereocenters. The van der Waals surface area contributed by atoms with Gasteiger partial charge < -0.3 is 15.5 Å². The van der Waals surface area contributed by atoms with Gasteiger partial charge in [-0.05, 0) is 52.2 Å². The minimum absolute atomic E-state index is 0. The van der Waals surface area contributed by atoms with Gasteiger partial charge in [0.2, 0.25) is 0 Å². The minimum atomic E-state index is -0.803. The Balaban J connectivity index is 0.00000312. The van der Waals surface area contributed by atoms with Gasteiger partial charge >= 0.3 is 0 Å². The van der Waals surface area contributed by atoms with Gasteiger partial charge in [-0.3, -0.25) is 4.99 Å². The molecular formula is C18H29F2IN4. The van der Waals surface area contributed by atoms with Crippen molar-refractivity contribution in [1.82, 2.24) is 10.6 Å². The summed E-state index contributed by atoms with van der Waals surface area (Å²) in [5.41, 5.74) is 0.689. The fraction of sp³-hybridized carbons (Fsp3) is 0.611. The highest BCUT2D eigenvalue weighted by Gasteiger charge is 2.23. The van der Waals surface area contributed by atoms with E-state index in [9.17, 15) is 8.78 Å². The van der Waals surface area contributed by atoms with E-state index in [-0.39, 0.29) is 29.5 Å². The van der Waals surface area contributed by atoms with E-state index in [1.807, 2.05) is 6.92 Å². The summed E-state index contributed by atoms with van der Waals surface area (Å²) in [6.07, 6.45) is 0.997. The molecule has 0 aliphatic carbocycles. The summed E-state index contributed by atoms with van der Waals surface area (Å²) in [7, 11) is 0. The van der Waals surface area contributed by atoms with Gasteiger partial charge in [0.05, 0.1) is 0 Å². The lowest BCUT2D eigenvalue weighted by atomic mass is 10.1. The van der Waals surface area contributed by atoms with E-state index >= 15 is 0 Å². The third-order valence-electron chi connectivity index (χ3n) is 3.90. The maximum absolute atomic E-state index is 13.4. The lowest BCUT2D eigenvalue weighted by Gasteiger charge is -2.24. The van der Waals surface area contributed by atoms with Crippen molar-refractivity contribution in [2.75, 3.05) is 31.1 Å². The van der Waals surface area contributed by atoms with Crippen LogP contribution in [0.1, 0.15) is 34.1 Å². The number of hydrogen-bond donors (Lipinski definition) is 2. The summed E-state index contributed by atoms with van der Waals surface area (Å²) in [5, 5.41) is 6.63. The minimum Gasteiger partial charge on any atom is -0.371 e. The number of nitrogens with zero attached hydrogens (tertiary/aromatic N) is 2. The Morgan fingerprint density at radius 2 is 2.00 bits per heavy atom. The van der Waals surface area contributed by atoms with Crippen LogP contribution in [0.3, 0.4) is 0 Å². The van der Waals surface area contributed by atoms with E-state index in [0.29, 0.717) is 12.5 Å². The molecule has 1 aromatic carbocycles. The van der Waals surface area contributed by atoms with E-state index in [2.05, 4.69) is 41.3 Å². The van der Waals surface area contributed by atoms with Gasteiger partial charge in [-0.2, -0.15) is 0 Å². The third kappa shape index (κ3) is 6.95. The van der Waals surface area contributed by atoms with Crippen molar-refractivity contribution in [2.24, 2.45) is 10.9 Å². The largest absolute Gasteiger partial charge is 0.371 e. The zero-order valence-corrected chi connectivity index (χ0v) is 17.7. The zero-order valence-electron chi connectivity index (χ0n) is 15.4. The van der Waals surface area contributed by atoms with Crippen LogP contribution in [-0.2, 0) is 0 Å². The molecule has 1 heterocycles. The van der Waals surface area contributed by atoms with Crippen molar-refractivity contribution in [3.63, 3.8) is 0 Å². The number of anilines is 1. The molecule has 0 radical (unpaired) electrons. The first-order valence-corrected chi connectivity index (χ1v) is 8.55. The highest BCUT2D eigenvalue weighted by atomic mass is 127. The quantitative estimate of drug-likeness (QED) is 0.404. The second kappa shape index (κ2) is 9.54. The Bertz CT molecular complexity index is 587. The average Bonchev–Trinajstić information content (AvgIpc) is 2.95. The zero-order chi connectivity index (χ0) is 17.7. The van der Waals surface area contributed by atoms with Gasteiger partial charge in [-0.15, -0.1) is 24.0 Å². The van der Waals surface area contributed by atoms with Gasteiger partial charge in [0.1, 0.15) is 0 Å². The van der Waals surface area contributed by atoms with E-state index in [0.717, 1.165) is 37.7 Å². The lowest BCUT2D eigenvalue weighted by Crippen LogP contribution is -2.47. The average molecular weight is 466 g/mol. The normalized spacial score (nSPS) is 18.1. The molecule has 0 amide bonds. The molecular weight excluding hydrogens is 437 g/mol. The van der Waals surface area contributed by atoms with Gasteiger partial charge in [-0.1, -0.05) is 0 Å². The van der Waals surface area contributed by atoms with Gasteiger partial charge in [-0.25, -0.2) is 8.78 Å². The predicted molar refractivity (Wildman–Crippen MR) is 111 cm³/mol. The van der Waals surface area contributed by atoms with Crippen LogP contribution in [0.25, 0.3) is 0 Å². The summed E-state index contributed by atoms with van der Waals surface area (Å²) in [5.74, 6) is -0.370. The number of nitrogens with one attached hydrogen (secondary N) is 2. The van der Waals surface area contributed by atoms with E-state index in [1.165, 1.54) is 12.1 Å². The number of halogens is 3. The van der Waals surface area contributed by atoms with Crippen LogP contribution < -0.4 is 15.5 Å². The van der Waals surface area contributed by atoms with Crippen molar-refractivity contribution < 1.29 is 8.78 Å². The first-order chi connectivity index (χ1) is 11.3. The first kappa shape index (κ1) is 21.9. The Morgan fingerprint density at radius 1 is 1.28 bits per heavy atom. The van der Waals surface area contributed by atoms with Crippen LogP contribution in [0.15, 0.2) is 23.2 Å². The summed E-state index contributed by atoms with van der Waals surface area (Å²) >= 11 is 0. The molecule has 2 N–H and O–H groups in total. The number of rotatable bonds is 4. The molecule has 4 nitrogen and oxygen atoms in total. The highest BCUT2D eigenvalue weighted by molar-refractivity contribution is 14.0. The van der Waals surface area contributed by atoms with Crippen LogP contribution in [0.4, 0.5) is 14.5 Å². The first-order valence-electron chi connectivity index (χ1n) is 8.55. The molecule has 2 rings (SSSR count). The van der Waals surface area contributed by atoms with Crippen LogP contribution >= 0.6 is 24.0 Å². The second-order valence-electron chi connectivity index (χ2n) is 7.29. The molecule has 0 aromatic heterocycles. The van der Waals surface area contributed by atoms with Gasteiger partial charge in [0.25, 0.3) is 0 Å². The van der Waals surface area contributed by atoms with Crippen LogP contribution in [-0.4, -0.2) is 37.7 Å². The van der Waals surface area contributed by atoms with Crippen LogP contribution in [0.5, 0.6) is 0 Å². The standard InChI is InChI=1S/C18H28F2N4.HI/c1-5-21-17(23-18(2,3)4)22-11-13-8-9-24(12-13)14-6-7-15(19)16(20)10-14;/h6-7,10,13H,5,8-9,11-12H2,1-4H3,(H2,21,22,23);1H. The van der Waals surface area contributed by atoms with Crippen molar-refractivity contribution in [2.45, 2.75) is 39.7 Å². The summed E-state index contributed by atoms with van der Waals surface area (Å²) in [6.45, 7) is 11.5. The van der Waals surface area contributed by atoms with Crippen LogP contribution in [0.2, 0.25) is 0 Å². The topological polar surface area (TPSA) is 39.7 Å². The Kier molecular flexibility index (Phi) is 8.37. The maximum Gasteiger partial charge on any atom is 0.191 e. The molecule has 1 aliphatic heterocycles. The highest BCUT2D eigenvalue weighted by Crippen LogP contribution is 2.25.